The highest BCUT2D eigenvalue weighted by Crippen LogP contribution is 2.21. The van der Waals surface area contributed by atoms with Gasteiger partial charge in [0.15, 0.2) is 5.82 Å². The Balaban J connectivity index is 2.84. The minimum Gasteiger partial charge on any atom is -0.371 e. The zero-order chi connectivity index (χ0) is 11.4. The molecule has 0 spiro atoms. The van der Waals surface area contributed by atoms with Gasteiger partial charge in [-0.25, -0.2) is 8.78 Å². The van der Waals surface area contributed by atoms with Crippen LogP contribution in [-0.4, -0.2) is 19.5 Å². The maximum atomic E-state index is 13.4. The van der Waals surface area contributed by atoms with Gasteiger partial charge in [0, 0.05) is 7.05 Å². The van der Waals surface area contributed by atoms with Crippen molar-refractivity contribution in [3.63, 3.8) is 0 Å². The van der Waals surface area contributed by atoms with Crippen LogP contribution in [0.25, 0.3) is 0 Å². The van der Waals surface area contributed by atoms with Gasteiger partial charge in [0.2, 0.25) is 5.91 Å². The number of amides is 1. The highest BCUT2D eigenvalue weighted by Gasteiger charge is 2.11. The third-order valence-electron chi connectivity index (χ3n) is 1.99. The van der Waals surface area contributed by atoms with Crippen LogP contribution in [0.4, 0.5) is 14.5 Å². The molecular formula is C10H12F2N2O. The normalized spacial score (nSPS) is 9.87. The van der Waals surface area contributed by atoms with Gasteiger partial charge in [-0.15, -0.1) is 0 Å². The fraction of sp³-hybridized carbons (Fsp3) is 0.300. The lowest BCUT2D eigenvalue weighted by atomic mass is 10.2. The molecule has 0 saturated carbocycles. The van der Waals surface area contributed by atoms with Gasteiger partial charge in [-0.2, -0.15) is 0 Å². The summed E-state index contributed by atoms with van der Waals surface area (Å²) in [5.74, 6) is -1.71. The van der Waals surface area contributed by atoms with Crippen LogP contribution >= 0.6 is 0 Å². The van der Waals surface area contributed by atoms with Gasteiger partial charge in [0.05, 0.1) is 6.54 Å². The Morgan fingerprint density at radius 2 is 2.07 bits per heavy atom. The summed E-state index contributed by atoms with van der Waals surface area (Å²) >= 11 is 0. The van der Waals surface area contributed by atoms with E-state index in [9.17, 15) is 13.6 Å². The van der Waals surface area contributed by atoms with Gasteiger partial charge >= 0.3 is 0 Å². The molecule has 1 aromatic rings. The molecular weight excluding hydrogens is 202 g/mol. The van der Waals surface area contributed by atoms with Crippen molar-refractivity contribution in [1.82, 2.24) is 5.32 Å². The summed E-state index contributed by atoms with van der Waals surface area (Å²) in [6.07, 6.45) is 0. The second kappa shape index (κ2) is 4.72. The average Bonchev–Trinajstić information content (AvgIpc) is 2.23. The van der Waals surface area contributed by atoms with Crippen molar-refractivity contribution in [2.75, 3.05) is 18.9 Å². The van der Waals surface area contributed by atoms with Crippen molar-refractivity contribution >= 4 is 11.6 Å². The van der Waals surface area contributed by atoms with Crippen molar-refractivity contribution in [1.29, 1.82) is 0 Å². The van der Waals surface area contributed by atoms with E-state index in [2.05, 4.69) is 10.6 Å². The van der Waals surface area contributed by atoms with E-state index in [4.69, 9.17) is 0 Å². The highest BCUT2D eigenvalue weighted by atomic mass is 19.1. The third-order valence-corrected chi connectivity index (χ3v) is 1.99. The van der Waals surface area contributed by atoms with Gasteiger partial charge in [0.25, 0.3) is 0 Å². The quantitative estimate of drug-likeness (QED) is 0.799. The zero-order valence-corrected chi connectivity index (χ0v) is 8.53. The average molecular weight is 214 g/mol. The van der Waals surface area contributed by atoms with E-state index in [1.807, 2.05) is 0 Å². The van der Waals surface area contributed by atoms with E-state index in [0.29, 0.717) is 5.56 Å². The topological polar surface area (TPSA) is 41.1 Å². The molecule has 0 bridgehead atoms. The van der Waals surface area contributed by atoms with Gasteiger partial charge < -0.3 is 10.6 Å². The molecule has 1 rings (SSSR count). The standard InChI is InChI=1S/C10H12F2N2O/c1-6-3-4-7(11)10(9(6)12)14-5-8(15)13-2/h3-4,14H,5H2,1-2H3,(H,13,15). The number of hydrogen-bond donors (Lipinski definition) is 2. The summed E-state index contributed by atoms with van der Waals surface area (Å²) in [6.45, 7) is 1.37. The maximum Gasteiger partial charge on any atom is 0.239 e. The summed E-state index contributed by atoms with van der Waals surface area (Å²) in [7, 11) is 1.45. The number of carbonyl (C=O) groups is 1. The number of likely N-dealkylation sites (N-methyl/N-ethyl adjacent to an activating group) is 1. The van der Waals surface area contributed by atoms with Gasteiger partial charge in [-0.3, -0.25) is 4.79 Å². The van der Waals surface area contributed by atoms with Gasteiger partial charge in [-0.05, 0) is 18.6 Å². The first-order valence-corrected chi connectivity index (χ1v) is 4.45. The number of carbonyl (C=O) groups excluding carboxylic acids is 1. The molecule has 82 valence electrons. The molecule has 0 radical (unpaired) electrons. The second-order valence-electron chi connectivity index (χ2n) is 3.08. The molecule has 0 heterocycles. The first-order chi connectivity index (χ1) is 7.06. The fourth-order valence-electron chi connectivity index (χ4n) is 1.08. The van der Waals surface area contributed by atoms with Gasteiger partial charge in [0.1, 0.15) is 11.5 Å². The molecule has 0 aliphatic rings. The van der Waals surface area contributed by atoms with Crippen LogP contribution in [0, 0.1) is 18.6 Å². The van der Waals surface area contributed by atoms with Crippen molar-refractivity contribution in [2.24, 2.45) is 0 Å². The lowest BCUT2D eigenvalue weighted by Crippen LogP contribution is -2.26. The lowest BCUT2D eigenvalue weighted by molar-refractivity contribution is -0.118. The van der Waals surface area contributed by atoms with E-state index < -0.39 is 11.6 Å². The number of benzene rings is 1. The summed E-state index contributed by atoms with van der Waals surface area (Å²) in [6, 6.07) is 2.50. The zero-order valence-electron chi connectivity index (χ0n) is 8.53. The number of hydrogen-bond acceptors (Lipinski definition) is 2. The summed E-state index contributed by atoms with van der Waals surface area (Å²) in [5.41, 5.74) is 0.0643. The van der Waals surface area contributed by atoms with Crippen molar-refractivity contribution < 1.29 is 13.6 Å². The Morgan fingerprint density at radius 1 is 1.40 bits per heavy atom. The number of halogens is 2. The fourth-order valence-corrected chi connectivity index (χ4v) is 1.08. The Labute approximate surface area is 86.5 Å². The van der Waals surface area contributed by atoms with Crippen LogP contribution < -0.4 is 10.6 Å². The van der Waals surface area contributed by atoms with Crippen molar-refractivity contribution in [3.8, 4) is 0 Å². The Kier molecular flexibility index (Phi) is 3.60. The van der Waals surface area contributed by atoms with Gasteiger partial charge in [-0.1, -0.05) is 6.07 Å². The molecule has 0 unspecified atom stereocenters. The monoisotopic (exact) mass is 214 g/mol. The third kappa shape index (κ3) is 2.65. The largest absolute Gasteiger partial charge is 0.371 e. The first kappa shape index (κ1) is 11.4. The molecule has 15 heavy (non-hydrogen) atoms. The maximum absolute atomic E-state index is 13.4. The van der Waals surface area contributed by atoms with Crippen LogP contribution in [0.3, 0.4) is 0 Å². The van der Waals surface area contributed by atoms with Crippen molar-refractivity contribution in [3.05, 3.63) is 29.3 Å². The Bertz CT molecular complexity index is 380. The SMILES string of the molecule is CNC(=O)CNc1c(F)ccc(C)c1F. The Hall–Kier alpha value is -1.65. The minimum absolute atomic E-state index is 0.159. The minimum atomic E-state index is -0.706. The summed E-state index contributed by atoms with van der Waals surface area (Å²) in [4.78, 5) is 10.9. The van der Waals surface area contributed by atoms with Crippen LogP contribution in [0.2, 0.25) is 0 Å². The molecule has 0 saturated heterocycles. The molecule has 0 aliphatic heterocycles. The molecule has 2 N–H and O–H groups in total. The van der Waals surface area contributed by atoms with Crippen LogP contribution in [-0.2, 0) is 4.79 Å². The Morgan fingerprint density at radius 3 is 2.67 bits per heavy atom. The van der Waals surface area contributed by atoms with E-state index in [1.54, 1.807) is 0 Å². The van der Waals surface area contributed by atoms with Crippen LogP contribution in [0.1, 0.15) is 5.56 Å². The molecule has 0 aliphatic carbocycles. The summed E-state index contributed by atoms with van der Waals surface area (Å²) < 4.78 is 26.5. The van der Waals surface area contributed by atoms with E-state index in [-0.39, 0.29) is 18.1 Å². The van der Waals surface area contributed by atoms with Crippen LogP contribution in [0.5, 0.6) is 0 Å². The predicted octanol–water partition coefficient (Wildman–Crippen LogP) is 1.43. The number of anilines is 1. The smallest absolute Gasteiger partial charge is 0.239 e. The molecule has 3 nitrogen and oxygen atoms in total. The number of aryl methyl sites for hydroxylation is 1. The lowest BCUT2D eigenvalue weighted by Gasteiger charge is -2.09. The van der Waals surface area contributed by atoms with Crippen molar-refractivity contribution in [2.45, 2.75) is 6.92 Å². The molecule has 5 heteroatoms. The first-order valence-electron chi connectivity index (χ1n) is 4.45. The van der Waals surface area contributed by atoms with Crippen LogP contribution in [0.15, 0.2) is 12.1 Å². The second-order valence-corrected chi connectivity index (χ2v) is 3.08. The highest BCUT2D eigenvalue weighted by molar-refractivity contribution is 5.80. The molecule has 0 aromatic heterocycles. The van der Waals surface area contributed by atoms with E-state index in [0.717, 1.165) is 6.07 Å². The molecule has 0 fully saturated rings. The predicted molar refractivity (Wildman–Crippen MR) is 53.7 cm³/mol. The number of nitrogens with one attached hydrogen (secondary N) is 2. The molecule has 0 atom stereocenters. The number of rotatable bonds is 3. The molecule has 1 amide bonds. The van der Waals surface area contributed by atoms with E-state index >= 15 is 0 Å². The molecule has 1 aromatic carbocycles. The summed E-state index contributed by atoms with van der Waals surface area (Å²) in [5, 5.41) is 4.75. The van der Waals surface area contributed by atoms with E-state index in [1.165, 1.54) is 20.0 Å².